The minimum Gasteiger partial charge on any atom is -0.367 e. The number of para-hydroxylation sites is 1. The average Bonchev–Trinajstić information content (AvgIpc) is 3.07. The van der Waals surface area contributed by atoms with Gasteiger partial charge in [-0.05, 0) is 40.2 Å². The van der Waals surface area contributed by atoms with E-state index in [1.807, 2.05) is 11.0 Å². The van der Waals surface area contributed by atoms with Crippen molar-refractivity contribution in [3.05, 3.63) is 57.2 Å². The van der Waals surface area contributed by atoms with Crippen molar-refractivity contribution in [2.24, 2.45) is 0 Å². The second kappa shape index (κ2) is 8.50. The van der Waals surface area contributed by atoms with Gasteiger partial charge in [-0.15, -0.1) is 0 Å². The molecule has 0 spiro atoms. The number of fused-ring (bicyclic) bond motifs is 1. The minimum absolute atomic E-state index is 0.0645. The number of rotatable bonds is 6. The van der Waals surface area contributed by atoms with Crippen LogP contribution in [0.2, 0.25) is 0 Å². The number of hydrogen-bond acceptors (Lipinski definition) is 5. The summed E-state index contributed by atoms with van der Waals surface area (Å²) in [6, 6.07) is 9.69. The standard InChI is InChI=1S/C19H21BrFN5O3S/c20-13-11-15-16(24-19(27)23-15)12-18(13)30(28,29)22-5-6-25-7-9-26(10-8-25)17-4-2-1-3-14(17)21/h1-4,11-12,22H,5-10H2,(H2,23,24,27). The van der Waals surface area contributed by atoms with Gasteiger partial charge in [-0.2, -0.15) is 0 Å². The number of H-pyrrole nitrogens is 2. The van der Waals surface area contributed by atoms with Gasteiger partial charge < -0.3 is 14.9 Å². The van der Waals surface area contributed by atoms with Crippen LogP contribution in [0.15, 0.2) is 50.6 Å². The van der Waals surface area contributed by atoms with E-state index >= 15 is 0 Å². The van der Waals surface area contributed by atoms with Crippen molar-refractivity contribution in [3.63, 3.8) is 0 Å². The Kier molecular flexibility index (Phi) is 5.96. The molecule has 30 heavy (non-hydrogen) atoms. The van der Waals surface area contributed by atoms with E-state index in [9.17, 15) is 17.6 Å². The lowest BCUT2D eigenvalue weighted by molar-refractivity contribution is 0.261. The zero-order valence-corrected chi connectivity index (χ0v) is 18.4. The number of nitrogens with one attached hydrogen (secondary N) is 3. The van der Waals surface area contributed by atoms with Gasteiger partial charge in [0.25, 0.3) is 0 Å². The molecule has 0 saturated carbocycles. The van der Waals surface area contributed by atoms with Crippen molar-refractivity contribution in [2.45, 2.75) is 4.90 Å². The van der Waals surface area contributed by atoms with E-state index < -0.39 is 15.7 Å². The third-order valence-electron chi connectivity index (χ3n) is 5.14. The smallest absolute Gasteiger partial charge is 0.323 e. The van der Waals surface area contributed by atoms with Crippen LogP contribution < -0.4 is 15.3 Å². The van der Waals surface area contributed by atoms with Gasteiger partial charge in [0, 0.05) is 43.7 Å². The van der Waals surface area contributed by atoms with Crippen LogP contribution in [0.25, 0.3) is 11.0 Å². The van der Waals surface area contributed by atoms with Crippen LogP contribution in [0, 0.1) is 5.82 Å². The Morgan fingerprint density at radius 1 is 1.07 bits per heavy atom. The summed E-state index contributed by atoms with van der Waals surface area (Å²) in [6.45, 7) is 3.58. The highest BCUT2D eigenvalue weighted by molar-refractivity contribution is 9.10. The first-order valence-electron chi connectivity index (χ1n) is 9.46. The van der Waals surface area contributed by atoms with Crippen LogP contribution >= 0.6 is 15.9 Å². The maximum atomic E-state index is 13.9. The van der Waals surface area contributed by atoms with Crippen molar-refractivity contribution < 1.29 is 12.8 Å². The molecule has 160 valence electrons. The topological polar surface area (TPSA) is 101 Å². The van der Waals surface area contributed by atoms with E-state index in [2.05, 4.69) is 35.5 Å². The molecule has 1 saturated heterocycles. The third-order valence-corrected chi connectivity index (χ3v) is 7.56. The number of halogens is 2. The predicted molar refractivity (Wildman–Crippen MR) is 117 cm³/mol. The molecule has 0 atom stereocenters. The lowest BCUT2D eigenvalue weighted by Crippen LogP contribution is -2.48. The van der Waals surface area contributed by atoms with E-state index in [1.54, 1.807) is 18.2 Å². The fraction of sp³-hybridized carbons (Fsp3) is 0.316. The lowest BCUT2D eigenvalue weighted by atomic mass is 10.2. The van der Waals surface area contributed by atoms with Gasteiger partial charge in [0.05, 0.1) is 21.6 Å². The first-order chi connectivity index (χ1) is 14.3. The number of aromatic nitrogens is 2. The van der Waals surface area contributed by atoms with Crippen molar-refractivity contribution in [1.29, 1.82) is 0 Å². The first-order valence-corrected chi connectivity index (χ1v) is 11.7. The number of nitrogens with zero attached hydrogens (tertiary/aromatic N) is 2. The molecule has 1 aliphatic heterocycles. The molecule has 8 nitrogen and oxygen atoms in total. The van der Waals surface area contributed by atoms with Crippen LogP contribution in [0.5, 0.6) is 0 Å². The van der Waals surface area contributed by atoms with Gasteiger partial charge in [-0.25, -0.2) is 22.3 Å². The highest BCUT2D eigenvalue weighted by Crippen LogP contribution is 2.25. The number of imidazole rings is 1. The molecule has 1 aliphatic rings. The van der Waals surface area contributed by atoms with Crippen LogP contribution in [-0.4, -0.2) is 62.6 Å². The SMILES string of the molecule is O=c1[nH]c2cc(Br)c(S(=O)(=O)NCCN3CCN(c4ccccc4F)CC3)cc2[nH]1. The van der Waals surface area contributed by atoms with E-state index in [1.165, 1.54) is 12.1 Å². The second-order valence-electron chi connectivity index (χ2n) is 7.09. The zero-order chi connectivity index (χ0) is 21.3. The zero-order valence-electron chi connectivity index (χ0n) is 16.0. The molecule has 0 amide bonds. The molecule has 3 N–H and O–H groups in total. The van der Waals surface area contributed by atoms with Crippen LogP contribution in [0.1, 0.15) is 0 Å². The van der Waals surface area contributed by atoms with Gasteiger partial charge in [-0.1, -0.05) is 12.1 Å². The van der Waals surface area contributed by atoms with E-state index in [-0.39, 0.29) is 17.3 Å². The van der Waals surface area contributed by atoms with Gasteiger partial charge in [0.2, 0.25) is 10.0 Å². The number of anilines is 1. The Bertz CT molecular complexity index is 1220. The largest absolute Gasteiger partial charge is 0.367 e. The molecule has 11 heteroatoms. The number of benzene rings is 2. The fourth-order valence-electron chi connectivity index (χ4n) is 3.58. The van der Waals surface area contributed by atoms with Crippen molar-refractivity contribution in [1.82, 2.24) is 19.6 Å². The van der Waals surface area contributed by atoms with Gasteiger partial charge in [0.1, 0.15) is 5.82 Å². The summed E-state index contributed by atoms with van der Waals surface area (Å²) in [5.41, 5.74) is 1.15. The highest BCUT2D eigenvalue weighted by atomic mass is 79.9. The number of hydrogen-bond donors (Lipinski definition) is 3. The summed E-state index contributed by atoms with van der Waals surface area (Å²) in [5.74, 6) is -0.231. The molecule has 0 aliphatic carbocycles. The Labute approximate surface area is 181 Å². The molecule has 0 unspecified atom stereocenters. The van der Waals surface area contributed by atoms with Crippen LogP contribution in [0.4, 0.5) is 10.1 Å². The Balaban J connectivity index is 1.34. The highest BCUT2D eigenvalue weighted by Gasteiger charge is 2.22. The number of sulfonamides is 1. The predicted octanol–water partition coefficient (Wildman–Crippen LogP) is 1.86. The summed E-state index contributed by atoms with van der Waals surface area (Å²) < 4.78 is 42.3. The van der Waals surface area contributed by atoms with Crippen molar-refractivity contribution >= 4 is 42.7 Å². The fourth-order valence-corrected chi connectivity index (χ4v) is 5.67. The molecule has 1 aromatic heterocycles. The second-order valence-corrected chi connectivity index (χ2v) is 9.67. The summed E-state index contributed by atoms with van der Waals surface area (Å²) in [6.07, 6.45) is 0. The van der Waals surface area contributed by atoms with Crippen molar-refractivity contribution in [3.8, 4) is 0 Å². The van der Waals surface area contributed by atoms with E-state index in [0.717, 1.165) is 13.1 Å². The minimum atomic E-state index is -3.75. The molecule has 1 fully saturated rings. The van der Waals surface area contributed by atoms with Gasteiger partial charge >= 0.3 is 5.69 Å². The molecule has 2 heterocycles. The summed E-state index contributed by atoms with van der Waals surface area (Å²) >= 11 is 3.26. The monoisotopic (exact) mass is 497 g/mol. The van der Waals surface area contributed by atoms with E-state index in [0.29, 0.717) is 40.8 Å². The van der Waals surface area contributed by atoms with Gasteiger partial charge in [-0.3, -0.25) is 4.90 Å². The quantitative estimate of drug-likeness (QED) is 0.482. The Morgan fingerprint density at radius 3 is 2.43 bits per heavy atom. The molecule has 0 radical (unpaired) electrons. The molecule has 2 aromatic carbocycles. The summed E-state index contributed by atoms with van der Waals surface area (Å²) in [5, 5.41) is 0. The molecular formula is C19H21BrFN5O3S. The van der Waals surface area contributed by atoms with Crippen LogP contribution in [0.3, 0.4) is 0 Å². The van der Waals surface area contributed by atoms with Gasteiger partial charge in [0.15, 0.2) is 0 Å². The summed E-state index contributed by atoms with van der Waals surface area (Å²) in [4.78, 5) is 20.8. The van der Waals surface area contributed by atoms with Crippen LogP contribution in [-0.2, 0) is 10.0 Å². The third kappa shape index (κ3) is 4.43. The Hall–Kier alpha value is -2.21. The maximum Gasteiger partial charge on any atom is 0.323 e. The lowest BCUT2D eigenvalue weighted by Gasteiger charge is -2.36. The number of piperazine rings is 1. The van der Waals surface area contributed by atoms with Crippen molar-refractivity contribution in [2.75, 3.05) is 44.2 Å². The molecular weight excluding hydrogens is 477 g/mol. The van der Waals surface area contributed by atoms with E-state index in [4.69, 9.17) is 0 Å². The average molecular weight is 498 g/mol. The molecule has 4 rings (SSSR count). The normalized spacial score (nSPS) is 15.7. The first kappa shape index (κ1) is 21.0. The Morgan fingerprint density at radius 2 is 1.73 bits per heavy atom. The summed E-state index contributed by atoms with van der Waals surface area (Å²) in [7, 11) is -3.75. The molecule has 0 bridgehead atoms. The molecule has 3 aromatic rings. The number of aromatic amines is 2. The maximum absolute atomic E-state index is 13.9.